The normalized spacial score (nSPS) is 14.8. The number of anilines is 1. The number of benzene rings is 5. The van der Waals surface area contributed by atoms with Crippen molar-refractivity contribution in [3.63, 3.8) is 0 Å². The minimum atomic E-state index is 0.168. The Kier molecular flexibility index (Phi) is 5.25. The van der Waals surface area contributed by atoms with Gasteiger partial charge in [-0.2, -0.15) is 5.10 Å². The summed E-state index contributed by atoms with van der Waals surface area (Å²) in [6.45, 7) is 0. The Balaban J connectivity index is 1.35. The highest BCUT2D eigenvalue weighted by molar-refractivity contribution is 5.96. The fourth-order valence-electron chi connectivity index (χ4n) is 4.87. The van der Waals surface area contributed by atoms with Crippen LogP contribution in [-0.2, 0) is 0 Å². The molecule has 2 nitrogen and oxygen atoms in total. The molecule has 0 bridgehead atoms. The van der Waals surface area contributed by atoms with Gasteiger partial charge in [0, 0.05) is 5.92 Å². The molecule has 162 valence electrons. The number of allylic oxidation sites excluding steroid dienone is 1. The summed E-state index contributed by atoms with van der Waals surface area (Å²) in [4.78, 5) is 0. The van der Waals surface area contributed by atoms with Crippen LogP contribution < -0.4 is 5.43 Å². The van der Waals surface area contributed by atoms with Crippen molar-refractivity contribution in [3.8, 4) is 0 Å². The van der Waals surface area contributed by atoms with Crippen LogP contribution in [-0.4, -0.2) is 6.21 Å². The second kappa shape index (κ2) is 8.84. The highest BCUT2D eigenvalue weighted by Crippen LogP contribution is 2.46. The Labute approximate surface area is 199 Å². The van der Waals surface area contributed by atoms with Gasteiger partial charge in [0.05, 0.1) is 11.9 Å². The molecule has 2 heteroatoms. The Morgan fingerprint density at radius 2 is 1.32 bits per heavy atom. The maximum Gasteiger partial charge on any atom is 0.0568 e. The molecule has 34 heavy (non-hydrogen) atoms. The van der Waals surface area contributed by atoms with Crippen molar-refractivity contribution in [3.05, 3.63) is 149 Å². The van der Waals surface area contributed by atoms with Gasteiger partial charge in [-0.05, 0) is 62.4 Å². The molecule has 0 heterocycles. The van der Waals surface area contributed by atoms with Gasteiger partial charge in [0.1, 0.15) is 0 Å². The summed E-state index contributed by atoms with van der Waals surface area (Å²) in [7, 11) is 0. The van der Waals surface area contributed by atoms with Crippen molar-refractivity contribution in [2.45, 2.75) is 5.92 Å². The first kappa shape index (κ1) is 20.2. The van der Waals surface area contributed by atoms with Crippen LogP contribution in [0.3, 0.4) is 0 Å². The van der Waals surface area contributed by atoms with Gasteiger partial charge in [-0.1, -0.05) is 109 Å². The van der Waals surface area contributed by atoms with Crippen molar-refractivity contribution in [1.29, 1.82) is 0 Å². The summed E-state index contributed by atoms with van der Waals surface area (Å²) in [5, 5.41) is 7.03. The van der Waals surface area contributed by atoms with Crippen molar-refractivity contribution in [1.82, 2.24) is 0 Å². The van der Waals surface area contributed by atoms with Crippen molar-refractivity contribution in [2.75, 3.05) is 5.43 Å². The second-order valence-corrected chi connectivity index (χ2v) is 8.59. The summed E-state index contributed by atoms with van der Waals surface area (Å²) in [6.07, 6.45) is 4.27. The molecule has 0 fully saturated rings. The number of hydrogen-bond donors (Lipinski definition) is 1. The van der Waals surface area contributed by atoms with E-state index in [9.17, 15) is 0 Å². The van der Waals surface area contributed by atoms with Crippen molar-refractivity contribution in [2.24, 2.45) is 5.10 Å². The van der Waals surface area contributed by atoms with Crippen LogP contribution in [0.25, 0.3) is 22.4 Å². The van der Waals surface area contributed by atoms with Gasteiger partial charge < -0.3 is 0 Å². The zero-order valence-corrected chi connectivity index (χ0v) is 18.7. The van der Waals surface area contributed by atoms with E-state index in [2.05, 4.69) is 138 Å². The molecule has 0 aliphatic heterocycles. The standard InChI is InChI=1S/C32H24N2/c1-2-11-24(12-3-1)31-21-26-14-6-8-16-29(26)32(31)30-17-9-7-15-27(30)22-33-34-28-19-18-23-10-4-5-13-25(23)20-28/h1-22,32,34H. The molecule has 0 saturated carbocycles. The van der Waals surface area contributed by atoms with E-state index < -0.39 is 0 Å². The van der Waals surface area contributed by atoms with Gasteiger partial charge in [0.15, 0.2) is 0 Å². The number of rotatable bonds is 5. The van der Waals surface area contributed by atoms with Gasteiger partial charge in [0.2, 0.25) is 0 Å². The number of fused-ring (bicyclic) bond motifs is 2. The van der Waals surface area contributed by atoms with Gasteiger partial charge in [-0.25, -0.2) is 0 Å². The average Bonchev–Trinajstić information content (AvgIpc) is 3.29. The van der Waals surface area contributed by atoms with Gasteiger partial charge >= 0.3 is 0 Å². The number of nitrogens with one attached hydrogen (secondary N) is 1. The van der Waals surface area contributed by atoms with Crippen molar-refractivity contribution >= 4 is 34.3 Å². The first-order chi connectivity index (χ1) is 16.9. The topological polar surface area (TPSA) is 24.4 Å². The summed E-state index contributed by atoms with van der Waals surface area (Å²) < 4.78 is 0. The summed E-state index contributed by atoms with van der Waals surface area (Å²) >= 11 is 0. The molecular weight excluding hydrogens is 412 g/mol. The van der Waals surface area contributed by atoms with E-state index in [1.54, 1.807) is 0 Å². The van der Waals surface area contributed by atoms with Crippen LogP contribution >= 0.6 is 0 Å². The molecule has 5 aromatic rings. The van der Waals surface area contributed by atoms with Crippen LogP contribution in [0.2, 0.25) is 0 Å². The highest BCUT2D eigenvalue weighted by atomic mass is 15.3. The predicted octanol–water partition coefficient (Wildman–Crippen LogP) is 7.97. The second-order valence-electron chi connectivity index (χ2n) is 8.59. The number of hydrazone groups is 1. The maximum absolute atomic E-state index is 4.61. The minimum absolute atomic E-state index is 0.168. The molecular formula is C32H24N2. The molecule has 1 aliphatic carbocycles. The van der Waals surface area contributed by atoms with E-state index in [4.69, 9.17) is 0 Å². The first-order valence-electron chi connectivity index (χ1n) is 11.6. The third-order valence-corrected chi connectivity index (χ3v) is 6.49. The molecule has 1 aliphatic rings. The van der Waals surface area contributed by atoms with E-state index in [1.165, 1.54) is 38.6 Å². The largest absolute Gasteiger partial charge is 0.278 e. The third-order valence-electron chi connectivity index (χ3n) is 6.49. The lowest BCUT2D eigenvalue weighted by Crippen LogP contribution is -2.05. The molecule has 1 unspecified atom stereocenters. The lowest BCUT2D eigenvalue weighted by Gasteiger charge is -2.20. The number of nitrogens with zero attached hydrogens (tertiary/aromatic N) is 1. The van der Waals surface area contributed by atoms with Gasteiger partial charge in [-0.3, -0.25) is 5.43 Å². The lowest BCUT2D eigenvalue weighted by atomic mass is 9.83. The monoisotopic (exact) mass is 436 g/mol. The fourth-order valence-corrected chi connectivity index (χ4v) is 4.87. The lowest BCUT2D eigenvalue weighted by molar-refractivity contribution is 1.06. The minimum Gasteiger partial charge on any atom is -0.278 e. The average molecular weight is 437 g/mol. The highest BCUT2D eigenvalue weighted by Gasteiger charge is 2.28. The maximum atomic E-state index is 4.61. The van der Waals surface area contributed by atoms with E-state index in [0.717, 1.165) is 11.3 Å². The Morgan fingerprint density at radius 1 is 0.618 bits per heavy atom. The molecule has 0 aromatic heterocycles. The predicted molar refractivity (Wildman–Crippen MR) is 144 cm³/mol. The summed E-state index contributed by atoms with van der Waals surface area (Å²) in [6, 6.07) is 42.6. The van der Waals surface area contributed by atoms with Crippen LogP contribution in [0, 0.1) is 0 Å². The molecule has 0 saturated heterocycles. The van der Waals surface area contributed by atoms with Gasteiger partial charge in [0.25, 0.3) is 0 Å². The molecule has 0 amide bonds. The smallest absolute Gasteiger partial charge is 0.0568 e. The SMILES string of the molecule is C(=NNc1ccc2ccccc2c1)c1ccccc1C1C(c2ccccc2)=Cc2ccccc21. The van der Waals surface area contributed by atoms with E-state index in [-0.39, 0.29) is 5.92 Å². The molecule has 6 rings (SSSR count). The Morgan fingerprint density at radius 3 is 2.21 bits per heavy atom. The van der Waals surface area contributed by atoms with Crippen LogP contribution in [0.4, 0.5) is 5.69 Å². The van der Waals surface area contributed by atoms with Crippen LogP contribution in [0.15, 0.2) is 126 Å². The van der Waals surface area contributed by atoms with E-state index in [0.29, 0.717) is 0 Å². The zero-order valence-electron chi connectivity index (χ0n) is 18.7. The Bertz CT molecular complexity index is 1530. The summed E-state index contributed by atoms with van der Waals surface area (Å²) in [5.41, 5.74) is 11.8. The van der Waals surface area contributed by atoms with E-state index >= 15 is 0 Å². The van der Waals surface area contributed by atoms with Crippen LogP contribution in [0.1, 0.15) is 33.7 Å². The van der Waals surface area contributed by atoms with Crippen LogP contribution in [0.5, 0.6) is 0 Å². The van der Waals surface area contributed by atoms with Gasteiger partial charge in [-0.15, -0.1) is 0 Å². The van der Waals surface area contributed by atoms with E-state index in [1.807, 2.05) is 6.21 Å². The first-order valence-corrected chi connectivity index (χ1v) is 11.6. The zero-order chi connectivity index (χ0) is 22.7. The molecule has 5 aromatic carbocycles. The molecule has 1 atom stereocenters. The summed E-state index contributed by atoms with van der Waals surface area (Å²) in [5.74, 6) is 0.168. The fraction of sp³-hybridized carbons (Fsp3) is 0.0312. The third kappa shape index (κ3) is 3.80. The quantitative estimate of drug-likeness (QED) is 0.219. The molecule has 0 spiro atoms. The Hall–Kier alpha value is -4.43. The molecule has 1 N–H and O–H groups in total. The van der Waals surface area contributed by atoms with Crippen molar-refractivity contribution < 1.29 is 0 Å². The number of hydrogen-bond acceptors (Lipinski definition) is 2. The molecule has 0 radical (unpaired) electrons.